The molecule has 1 fully saturated rings. The lowest BCUT2D eigenvalue weighted by Crippen LogP contribution is -2.21. The normalized spacial score (nSPS) is 14.8. The van der Waals surface area contributed by atoms with Crippen LogP contribution in [0.5, 0.6) is 5.75 Å². The second kappa shape index (κ2) is 8.34. The number of H-pyrrole nitrogens is 2. The van der Waals surface area contributed by atoms with Crippen molar-refractivity contribution >= 4 is 16.7 Å². The van der Waals surface area contributed by atoms with Gasteiger partial charge in [-0.15, -0.1) is 0 Å². The molecule has 6 nitrogen and oxygen atoms in total. The van der Waals surface area contributed by atoms with Gasteiger partial charge in [-0.25, -0.2) is 9.18 Å². The minimum absolute atomic E-state index is 0.00700. The minimum atomic E-state index is -0.668. The highest BCUT2D eigenvalue weighted by Crippen LogP contribution is 2.39. The molecule has 0 saturated heterocycles. The molecule has 0 spiro atoms. The molecule has 7 heteroatoms. The van der Waals surface area contributed by atoms with Gasteiger partial charge in [-0.05, 0) is 57.7 Å². The zero-order valence-corrected chi connectivity index (χ0v) is 17.1. The molecule has 2 N–H and O–H groups in total. The van der Waals surface area contributed by atoms with E-state index < -0.39 is 17.3 Å². The molecule has 3 aromatic rings. The third-order valence-corrected chi connectivity index (χ3v) is 5.60. The van der Waals surface area contributed by atoms with E-state index in [1.165, 1.54) is 18.6 Å². The number of benzene rings is 1. The first-order valence-electron chi connectivity index (χ1n) is 10.4. The zero-order chi connectivity index (χ0) is 21.3. The minimum Gasteiger partial charge on any atom is -0.490 e. The molecule has 1 aromatic carbocycles. The van der Waals surface area contributed by atoms with E-state index in [1.54, 1.807) is 26.1 Å². The van der Waals surface area contributed by atoms with Crippen molar-refractivity contribution in [1.29, 1.82) is 0 Å². The van der Waals surface area contributed by atoms with Gasteiger partial charge in [0.05, 0.1) is 18.1 Å². The van der Waals surface area contributed by atoms with E-state index in [9.17, 15) is 14.0 Å². The molecule has 0 aliphatic heterocycles. The van der Waals surface area contributed by atoms with Crippen molar-refractivity contribution in [2.45, 2.75) is 52.1 Å². The van der Waals surface area contributed by atoms with Crippen LogP contribution in [0.4, 0.5) is 4.39 Å². The van der Waals surface area contributed by atoms with Crippen LogP contribution in [0.3, 0.4) is 0 Å². The lowest BCUT2D eigenvalue weighted by Gasteiger charge is -2.25. The van der Waals surface area contributed by atoms with Gasteiger partial charge in [-0.3, -0.25) is 4.79 Å². The molecule has 30 heavy (non-hydrogen) atoms. The Hall–Kier alpha value is -3.09. The van der Waals surface area contributed by atoms with Gasteiger partial charge in [0.1, 0.15) is 17.3 Å². The van der Waals surface area contributed by atoms with E-state index in [0.29, 0.717) is 33.3 Å². The fraction of sp³-hybridized carbons (Fsp3) is 0.391. The van der Waals surface area contributed by atoms with Gasteiger partial charge in [-0.1, -0.05) is 6.42 Å². The van der Waals surface area contributed by atoms with Gasteiger partial charge in [-0.2, -0.15) is 0 Å². The summed E-state index contributed by atoms with van der Waals surface area (Å²) >= 11 is 0. The van der Waals surface area contributed by atoms with Crippen LogP contribution in [0, 0.1) is 12.7 Å². The van der Waals surface area contributed by atoms with Crippen molar-refractivity contribution in [3.63, 3.8) is 0 Å². The van der Waals surface area contributed by atoms with Crippen LogP contribution in [-0.2, 0) is 4.74 Å². The van der Waals surface area contributed by atoms with E-state index in [-0.39, 0.29) is 18.4 Å². The fourth-order valence-electron chi connectivity index (χ4n) is 4.19. The first-order valence-corrected chi connectivity index (χ1v) is 10.4. The van der Waals surface area contributed by atoms with Crippen LogP contribution >= 0.6 is 0 Å². The van der Waals surface area contributed by atoms with Crippen molar-refractivity contribution in [2.75, 3.05) is 6.61 Å². The quantitative estimate of drug-likeness (QED) is 0.586. The molecule has 0 radical (unpaired) electrons. The second-order valence-corrected chi connectivity index (χ2v) is 7.65. The van der Waals surface area contributed by atoms with Crippen molar-refractivity contribution < 1.29 is 18.7 Å². The van der Waals surface area contributed by atoms with Crippen molar-refractivity contribution in [1.82, 2.24) is 9.97 Å². The zero-order valence-electron chi connectivity index (χ0n) is 17.1. The van der Waals surface area contributed by atoms with E-state index in [4.69, 9.17) is 9.47 Å². The average Bonchev–Trinajstić information content (AvgIpc) is 3.12. The summed E-state index contributed by atoms with van der Waals surface area (Å²) in [6.45, 7) is 3.62. The number of ether oxygens (including phenoxy) is 2. The number of aromatic nitrogens is 2. The number of fused-ring (bicyclic) bond motifs is 1. The average molecular weight is 412 g/mol. The number of aryl methyl sites for hydroxylation is 1. The van der Waals surface area contributed by atoms with E-state index >= 15 is 0 Å². The Balaban J connectivity index is 1.95. The number of pyridine rings is 1. The van der Waals surface area contributed by atoms with Gasteiger partial charge in [0.15, 0.2) is 0 Å². The van der Waals surface area contributed by atoms with Crippen LogP contribution in [0.25, 0.3) is 21.9 Å². The Morgan fingerprint density at radius 2 is 2.00 bits per heavy atom. The lowest BCUT2D eigenvalue weighted by atomic mass is 9.96. The maximum Gasteiger partial charge on any atom is 0.355 e. The Labute approximate surface area is 173 Å². The highest BCUT2D eigenvalue weighted by Gasteiger charge is 2.25. The van der Waals surface area contributed by atoms with Crippen molar-refractivity contribution in [3.8, 4) is 16.9 Å². The summed E-state index contributed by atoms with van der Waals surface area (Å²) in [5, 5.41) is 0.948. The maximum absolute atomic E-state index is 14.3. The molecule has 158 valence electrons. The molecule has 0 amide bonds. The molecule has 2 heterocycles. The van der Waals surface area contributed by atoms with Gasteiger partial charge in [0.25, 0.3) is 5.56 Å². The van der Waals surface area contributed by atoms with Crippen LogP contribution < -0.4 is 10.3 Å². The van der Waals surface area contributed by atoms with Crippen molar-refractivity contribution in [2.24, 2.45) is 0 Å². The van der Waals surface area contributed by atoms with Gasteiger partial charge in [0.2, 0.25) is 0 Å². The number of esters is 1. The summed E-state index contributed by atoms with van der Waals surface area (Å²) in [4.78, 5) is 31.0. The molecular formula is C23H25FN2O4. The highest BCUT2D eigenvalue weighted by atomic mass is 19.1. The fourth-order valence-corrected chi connectivity index (χ4v) is 4.19. The SMILES string of the molecule is CCOC(=O)c1[nH]c(=O)c2c(C)[nH]cc2c1-c1cc(F)ccc1OC1CCCCC1. The molecule has 2 aromatic heterocycles. The molecule has 0 atom stereocenters. The maximum atomic E-state index is 14.3. The van der Waals surface area contributed by atoms with Crippen LogP contribution in [-0.4, -0.2) is 28.6 Å². The largest absolute Gasteiger partial charge is 0.490 e. The van der Waals surface area contributed by atoms with Gasteiger partial charge < -0.3 is 19.4 Å². The predicted octanol–water partition coefficient (Wildman–Crippen LogP) is 4.86. The highest BCUT2D eigenvalue weighted by molar-refractivity contribution is 6.07. The molecule has 1 aliphatic rings. The standard InChI is InChI=1S/C23H25FN2O4/c1-3-29-23(28)21-20(17-12-25-13(2)19(17)22(27)26-21)16-11-14(24)9-10-18(16)30-15-7-5-4-6-8-15/h9-12,15,25H,3-8H2,1-2H3,(H,26,27). The second-order valence-electron chi connectivity index (χ2n) is 7.65. The number of hydrogen-bond donors (Lipinski definition) is 2. The number of rotatable bonds is 5. The van der Waals surface area contributed by atoms with Crippen molar-refractivity contribution in [3.05, 3.63) is 52.0 Å². The predicted molar refractivity (Wildman–Crippen MR) is 113 cm³/mol. The van der Waals surface area contributed by atoms with E-state index in [0.717, 1.165) is 25.7 Å². The summed E-state index contributed by atoms with van der Waals surface area (Å²) in [6.07, 6.45) is 6.95. The molecule has 0 unspecified atom stereocenters. The Morgan fingerprint density at radius 1 is 1.23 bits per heavy atom. The Morgan fingerprint density at radius 3 is 2.73 bits per heavy atom. The molecular weight excluding hydrogens is 387 g/mol. The van der Waals surface area contributed by atoms with E-state index in [2.05, 4.69) is 9.97 Å². The molecule has 1 saturated carbocycles. The first kappa shape index (κ1) is 20.2. The van der Waals surface area contributed by atoms with E-state index in [1.807, 2.05) is 0 Å². The number of halogens is 1. The van der Waals surface area contributed by atoms with Crippen LogP contribution in [0.1, 0.15) is 55.2 Å². The topological polar surface area (TPSA) is 84.2 Å². The smallest absolute Gasteiger partial charge is 0.355 e. The summed E-state index contributed by atoms with van der Waals surface area (Å²) in [7, 11) is 0. The third-order valence-electron chi connectivity index (χ3n) is 5.60. The molecule has 1 aliphatic carbocycles. The lowest BCUT2D eigenvalue weighted by molar-refractivity contribution is 0.0520. The Kier molecular flexibility index (Phi) is 5.61. The number of aromatic amines is 2. The number of carbonyl (C=O) groups excluding carboxylic acids is 1. The Bertz CT molecular complexity index is 1140. The summed E-state index contributed by atoms with van der Waals surface area (Å²) in [6, 6.07) is 4.28. The van der Waals surface area contributed by atoms with Gasteiger partial charge >= 0.3 is 5.97 Å². The number of carbonyl (C=O) groups is 1. The summed E-state index contributed by atoms with van der Waals surface area (Å²) in [5.74, 6) is -0.637. The monoisotopic (exact) mass is 412 g/mol. The molecule has 0 bridgehead atoms. The third kappa shape index (κ3) is 3.72. The summed E-state index contributed by atoms with van der Waals surface area (Å²) in [5.41, 5.74) is 1.07. The van der Waals surface area contributed by atoms with Gasteiger partial charge in [0, 0.05) is 28.4 Å². The molecule has 4 rings (SSSR count). The van der Waals surface area contributed by atoms with Crippen LogP contribution in [0.2, 0.25) is 0 Å². The summed E-state index contributed by atoms with van der Waals surface area (Å²) < 4.78 is 25.7. The number of nitrogens with one attached hydrogen (secondary N) is 2. The first-order chi connectivity index (χ1) is 14.5. The van der Waals surface area contributed by atoms with Crippen LogP contribution in [0.15, 0.2) is 29.2 Å². The number of hydrogen-bond acceptors (Lipinski definition) is 4.